The Morgan fingerprint density at radius 2 is 1.89 bits per heavy atom. The lowest BCUT2D eigenvalue weighted by atomic mass is 10.1. The van der Waals surface area contributed by atoms with Crippen LogP contribution in [0.5, 0.6) is 11.5 Å². The Morgan fingerprint density at radius 1 is 1.22 bits per heavy atom. The van der Waals surface area contributed by atoms with Crippen LogP contribution in [-0.4, -0.2) is 28.6 Å². The highest BCUT2D eigenvalue weighted by molar-refractivity contribution is 6.45. The van der Waals surface area contributed by atoms with E-state index in [1.54, 1.807) is 30.3 Å². The number of ketones is 1. The first-order valence-electron chi connectivity index (χ1n) is 8.45. The van der Waals surface area contributed by atoms with E-state index in [9.17, 15) is 9.59 Å². The number of carbonyl (C=O) groups is 2. The van der Waals surface area contributed by atoms with Gasteiger partial charge in [0.15, 0.2) is 5.78 Å². The Hall–Kier alpha value is -2.24. The van der Waals surface area contributed by atoms with Gasteiger partial charge in [0, 0.05) is 17.9 Å². The van der Waals surface area contributed by atoms with Gasteiger partial charge in [0.25, 0.3) is 0 Å². The van der Waals surface area contributed by atoms with Gasteiger partial charge in [0.2, 0.25) is 0 Å². The minimum atomic E-state index is -0.869. The van der Waals surface area contributed by atoms with Crippen LogP contribution in [0.4, 0.5) is 0 Å². The molecule has 0 amide bonds. The topological polar surface area (TPSA) is 83.8 Å². The number of hydrogen-bond acceptors (Lipinski definition) is 4. The van der Waals surface area contributed by atoms with Crippen molar-refractivity contribution in [3.05, 3.63) is 57.6 Å². The first kappa shape index (κ1) is 21.1. The molecule has 7 heteroatoms. The predicted molar refractivity (Wildman–Crippen MR) is 104 cm³/mol. The highest BCUT2D eigenvalue weighted by Crippen LogP contribution is 2.42. The van der Waals surface area contributed by atoms with Crippen molar-refractivity contribution >= 4 is 35.0 Å². The number of rotatable bonds is 5. The molecule has 5 nitrogen and oxygen atoms in total. The maximum Gasteiger partial charge on any atom is 0.303 e. The van der Waals surface area contributed by atoms with Crippen molar-refractivity contribution in [2.24, 2.45) is 5.92 Å². The second-order valence-electron chi connectivity index (χ2n) is 6.19. The van der Waals surface area contributed by atoms with E-state index in [4.69, 9.17) is 38.2 Å². The first-order valence-corrected chi connectivity index (χ1v) is 9.20. The number of carbonyl (C=O) groups excluding carboxylic acids is 1. The van der Waals surface area contributed by atoms with Crippen LogP contribution >= 0.6 is 23.2 Å². The van der Waals surface area contributed by atoms with E-state index < -0.39 is 5.97 Å². The van der Waals surface area contributed by atoms with Crippen LogP contribution in [0.1, 0.15) is 35.7 Å². The van der Waals surface area contributed by atoms with Gasteiger partial charge in [-0.2, -0.15) is 0 Å². The van der Waals surface area contributed by atoms with Crippen LogP contribution in [0, 0.1) is 5.92 Å². The summed E-state index contributed by atoms with van der Waals surface area (Å²) < 4.78 is 5.47. The molecule has 1 unspecified atom stereocenters. The fraction of sp³-hybridized carbons (Fsp3) is 0.300. The van der Waals surface area contributed by atoms with Crippen LogP contribution in [0.2, 0.25) is 10.0 Å². The van der Waals surface area contributed by atoms with Gasteiger partial charge < -0.3 is 14.9 Å². The fourth-order valence-corrected chi connectivity index (χ4v) is 3.20. The summed E-state index contributed by atoms with van der Waals surface area (Å²) in [6, 6.07) is 10.4. The smallest absolute Gasteiger partial charge is 0.303 e. The lowest BCUT2D eigenvalue weighted by molar-refractivity contribution is -0.137. The van der Waals surface area contributed by atoms with Crippen LogP contribution in [0.3, 0.4) is 0 Å². The molecule has 0 aliphatic heterocycles. The van der Waals surface area contributed by atoms with E-state index in [2.05, 4.69) is 0 Å². The predicted octanol–water partition coefficient (Wildman–Crippen LogP) is 5.00. The van der Waals surface area contributed by atoms with Gasteiger partial charge >= 0.3 is 5.97 Å². The molecular weight excluding hydrogens is 391 g/mol. The summed E-state index contributed by atoms with van der Waals surface area (Å²) in [5.41, 5.74) is 1.33. The second-order valence-corrected chi connectivity index (χ2v) is 6.94. The third-order valence-electron chi connectivity index (χ3n) is 4.02. The quantitative estimate of drug-likeness (QED) is 0.677. The zero-order valence-corrected chi connectivity index (χ0v) is 16.3. The molecule has 0 heterocycles. The van der Waals surface area contributed by atoms with Gasteiger partial charge in [-0.05, 0) is 36.6 Å². The number of phenolic OH excluding ortho intramolecular Hbond substituents is 1. The standard InChI is InChI=1S/C14H14Cl2O4.C6H6O/c1-7-5-8-6-9(20-4-2-3-10(17)18)12(15)13(16)11(8)14(7)19;7-6-4-2-1-3-5-6/h6-7H,2-5H2,1H3,(H,17,18);1-5,7H. The second kappa shape index (κ2) is 9.62. The maximum absolute atomic E-state index is 12.0. The third kappa shape index (κ3) is 5.62. The van der Waals surface area contributed by atoms with Crippen molar-refractivity contribution in [1.82, 2.24) is 0 Å². The van der Waals surface area contributed by atoms with Crippen molar-refractivity contribution in [2.45, 2.75) is 26.2 Å². The molecule has 0 fully saturated rings. The van der Waals surface area contributed by atoms with E-state index in [0.717, 1.165) is 5.56 Å². The Morgan fingerprint density at radius 3 is 2.44 bits per heavy atom. The van der Waals surface area contributed by atoms with Crippen molar-refractivity contribution in [1.29, 1.82) is 0 Å². The molecule has 0 saturated heterocycles. The molecule has 1 aliphatic rings. The monoisotopic (exact) mass is 410 g/mol. The molecule has 0 aromatic heterocycles. The normalized spacial score (nSPS) is 14.9. The molecule has 27 heavy (non-hydrogen) atoms. The van der Waals surface area contributed by atoms with E-state index in [-0.39, 0.29) is 34.8 Å². The lowest BCUT2D eigenvalue weighted by Gasteiger charge is -2.11. The largest absolute Gasteiger partial charge is 0.508 e. The highest BCUT2D eigenvalue weighted by Gasteiger charge is 2.31. The number of para-hydroxylation sites is 1. The molecule has 3 rings (SSSR count). The molecule has 1 aliphatic carbocycles. The number of aromatic hydroxyl groups is 1. The maximum atomic E-state index is 12.0. The zero-order chi connectivity index (χ0) is 20.0. The van der Waals surface area contributed by atoms with Gasteiger partial charge in [0.1, 0.15) is 16.5 Å². The molecule has 2 aromatic rings. The molecule has 144 valence electrons. The summed E-state index contributed by atoms with van der Waals surface area (Å²) in [5.74, 6) is -0.235. The van der Waals surface area contributed by atoms with E-state index >= 15 is 0 Å². The Bertz CT molecular complexity index is 821. The summed E-state index contributed by atoms with van der Waals surface area (Å²) in [4.78, 5) is 22.4. The Balaban J connectivity index is 0.000000313. The Labute approximate surface area is 167 Å². The number of aliphatic carboxylic acids is 1. The molecule has 0 bridgehead atoms. The van der Waals surface area contributed by atoms with Gasteiger partial charge in [-0.25, -0.2) is 0 Å². The van der Waals surface area contributed by atoms with Crippen molar-refractivity contribution in [3.8, 4) is 11.5 Å². The van der Waals surface area contributed by atoms with Crippen LogP contribution < -0.4 is 4.74 Å². The van der Waals surface area contributed by atoms with Gasteiger partial charge in [-0.15, -0.1) is 0 Å². The number of halogens is 2. The van der Waals surface area contributed by atoms with Crippen LogP contribution in [-0.2, 0) is 11.2 Å². The number of fused-ring (bicyclic) bond motifs is 1. The summed E-state index contributed by atoms with van der Waals surface area (Å²) >= 11 is 12.2. The number of Topliss-reactive ketones (excluding diaryl/α,β-unsaturated/α-hetero) is 1. The van der Waals surface area contributed by atoms with Crippen molar-refractivity contribution < 1.29 is 24.5 Å². The SMILES string of the molecule is CC1Cc2cc(OCCCC(=O)O)c(Cl)c(Cl)c2C1=O.Oc1ccccc1. The number of carboxylic acids is 1. The van der Waals surface area contributed by atoms with Crippen molar-refractivity contribution in [2.75, 3.05) is 6.61 Å². The number of carboxylic acid groups (broad SMARTS) is 1. The number of hydrogen-bond donors (Lipinski definition) is 2. The van der Waals surface area contributed by atoms with E-state index in [1.165, 1.54) is 0 Å². The highest BCUT2D eigenvalue weighted by atomic mass is 35.5. The molecular formula is C20H20Cl2O5. The third-order valence-corrected chi connectivity index (χ3v) is 4.87. The fourth-order valence-electron chi connectivity index (χ4n) is 2.69. The molecule has 0 radical (unpaired) electrons. The first-order chi connectivity index (χ1) is 12.8. The summed E-state index contributed by atoms with van der Waals surface area (Å²) in [6.07, 6.45) is 1.04. The molecule has 0 saturated carbocycles. The number of phenols is 1. The summed E-state index contributed by atoms with van der Waals surface area (Å²) in [6.45, 7) is 2.09. The van der Waals surface area contributed by atoms with Gasteiger partial charge in [-0.1, -0.05) is 48.3 Å². The lowest BCUT2D eigenvalue weighted by Crippen LogP contribution is -2.05. The van der Waals surface area contributed by atoms with E-state index in [0.29, 0.717) is 29.9 Å². The number of ether oxygens (including phenoxy) is 1. The minimum absolute atomic E-state index is 0.00401. The minimum Gasteiger partial charge on any atom is -0.508 e. The summed E-state index contributed by atoms with van der Waals surface area (Å²) in [5, 5.41) is 17.6. The van der Waals surface area contributed by atoms with Gasteiger partial charge in [-0.3, -0.25) is 9.59 Å². The number of benzene rings is 2. The molecule has 2 N–H and O–H groups in total. The molecule has 0 spiro atoms. The summed E-state index contributed by atoms with van der Waals surface area (Å²) in [7, 11) is 0. The average Bonchev–Trinajstić information content (AvgIpc) is 2.91. The van der Waals surface area contributed by atoms with E-state index in [1.807, 2.05) is 13.0 Å². The van der Waals surface area contributed by atoms with Crippen molar-refractivity contribution in [3.63, 3.8) is 0 Å². The Kier molecular flexibility index (Phi) is 7.51. The zero-order valence-electron chi connectivity index (χ0n) is 14.7. The van der Waals surface area contributed by atoms with Gasteiger partial charge in [0.05, 0.1) is 11.6 Å². The van der Waals surface area contributed by atoms with Crippen LogP contribution in [0.25, 0.3) is 0 Å². The van der Waals surface area contributed by atoms with Crippen LogP contribution in [0.15, 0.2) is 36.4 Å². The molecule has 2 aromatic carbocycles. The molecule has 1 atom stereocenters. The average molecular weight is 411 g/mol.